The van der Waals surface area contributed by atoms with E-state index in [9.17, 15) is 16.8 Å². The monoisotopic (exact) mass is 422 g/mol. The molecular weight excluding hydrogens is 396 g/mol. The molecule has 0 bridgehead atoms. The van der Waals surface area contributed by atoms with Crippen molar-refractivity contribution in [2.24, 2.45) is 0 Å². The van der Waals surface area contributed by atoms with Crippen molar-refractivity contribution in [1.82, 2.24) is 0 Å². The van der Waals surface area contributed by atoms with Gasteiger partial charge in [0, 0.05) is 11.4 Å². The molecule has 2 aromatic rings. The predicted octanol–water partition coefficient (Wildman–Crippen LogP) is 4.16. The smallest absolute Gasteiger partial charge is 0.235 e. The van der Waals surface area contributed by atoms with Gasteiger partial charge in [0.25, 0.3) is 0 Å². The topological polar surface area (TPSA) is 92.3 Å². The third-order valence-corrected chi connectivity index (χ3v) is 7.57. The van der Waals surface area contributed by atoms with Gasteiger partial charge in [0.1, 0.15) is 0 Å². The summed E-state index contributed by atoms with van der Waals surface area (Å²) >= 11 is 0. The van der Waals surface area contributed by atoms with Crippen molar-refractivity contribution in [3.8, 4) is 0 Å². The maximum atomic E-state index is 11.9. The Hall–Kier alpha value is -2.32. The Kier molecular flexibility index (Phi) is 6.90. The zero-order valence-corrected chi connectivity index (χ0v) is 18.0. The second-order valence-corrected chi connectivity index (χ2v) is 11.4. The fourth-order valence-corrected chi connectivity index (χ4v) is 3.48. The zero-order chi connectivity index (χ0) is 20.9. The molecule has 0 saturated heterocycles. The van der Waals surface area contributed by atoms with E-state index in [1.807, 2.05) is 36.4 Å². The van der Waals surface area contributed by atoms with E-state index in [0.717, 1.165) is 11.1 Å². The number of hydrogen-bond donors (Lipinski definition) is 2. The molecule has 6 nitrogen and oxygen atoms in total. The Balaban J connectivity index is 2.04. The molecule has 2 N–H and O–H groups in total. The van der Waals surface area contributed by atoms with Crippen LogP contribution in [-0.4, -0.2) is 27.3 Å². The van der Waals surface area contributed by atoms with Gasteiger partial charge in [-0.05, 0) is 63.1 Å². The highest BCUT2D eigenvalue weighted by molar-refractivity contribution is 7.93. The molecule has 0 spiro atoms. The van der Waals surface area contributed by atoms with Crippen LogP contribution in [0.2, 0.25) is 0 Å². The summed E-state index contributed by atoms with van der Waals surface area (Å²) in [5.41, 5.74) is 2.87. The minimum atomic E-state index is -3.36. The molecule has 0 unspecified atom stereocenters. The predicted molar refractivity (Wildman–Crippen MR) is 117 cm³/mol. The van der Waals surface area contributed by atoms with Crippen LogP contribution in [0, 0.1) is 0 Å². The zero-order valence-electron chi connectivity index (χ0n) is 16.4. The minimum Gasteiger partial charge on any atom is -0.283 e. The van der Waals surface area contributed by atoms with Crippen LogP contribution in [-0.2, 0) is 20.0 Å². The maximum absolute atomic E-state index is 11.9. The molecule has 0 atom stereocenters. The van der Waals surface area contributed by atoms with Gasteiger partial charge in [-0.15, -0.1) is 0 Å². The fourth-order valence-electron chi connectivity index (χ4n) is 2.08. The molecule has 0 aromatic heterocycles. The Labute approximate surface area is 167 Å². The first kappa shape index (κ1) is 22.0. The summed E-state index contributed by atoms with van der Waals surface area (Å²) in [4.78, 5) is 0. The van der Waals surface area contributed by atoms with Crippen molar-refractivity contribution < 1.29 is 16.8 Å². The molecule has 0 aliphatic heterocycles. The van der Waals surface area contributed by atoms with Crippen molar-refractivity contribution in [2.45, 2.75) is 38.2 Å². The number of benzene rings is 2. The summed E-state index contributed by atoms with van der Waals surface area (Å²) in [6.45, 7) is 6.49. The van der Waals surface area contributed by atoms with Gasteiger partial charge in [-0.3, -0.25) is 9.44 Å². The largest absolute Gasteiger partial charge is 0.283 e. The molecule has 0 aliphatic rings. The number of nitrogens with one attached hydrogen (secondary N) is 2. The first-order chi connectivity index (χ1) is 13.0. The average molecular weight is 423 g/mol. The molecule has 0 saturated carbocycles. The van der Waals surface area contributed by atoms with Crippen LogP contribution in [0.4, 0.5) is 11.4 Å². The van der Waals surface area contributed by atoms with E-state index in [1.54, 1.807) is 52.0 Å². The van der Waals surface area contributed by atoms with Gasteiger partial charge in [-0.2, -0.15) is 0 Å². The van der Waals surface area contributed by atoms with Crippen LogP contribution >= 0.6 is 0 Å². The van der Waals surface area contributed by atoms with Crippen molar-refractivity contribution in [3.05, 3.63) is 59.7 Å². The van der Waals surface area contributed by atoms with Gasteiger partial charge in [0.2, 0.25) is 20.0 Å². The van der Waals surface area contributed by atoms with E-state index < -0.39 is 30.5 Å². The lowest BCUT2D eigenvalue weighted by Gasteiger charge is -2.11. The normalized spacial score (nSPS) is 12.6. The van der Waals surface area contributed by atoms with Gasteiger partial charge in [0.05, 0.1) is 10.5 Å². The van der Waals surface area contributed by atoms with Crippen molar-refractivity contribution in [3.63, 3.8) is 0 Å². The molecular formula is C20H26N2O4S2. The van der Waals surface area contributed by atoms with Crippen LogP contribution in [0.5, 0.6) is 0 Å². The van der Waals surface area contributed by atoms with Gasteiger partial charge in [0.15, 0.2) is 0 Å². The van der Waals surface area contributed by atoms with Crippen LogP contribution in [0.1, 0.15) is 38.8 Å². The summed E-state index contributed by atoms with van der Waals surface area (Å²) in [5.74, 6) is 0. The number of hydrogen-bond acceptors (Lipinski definition) is 4. The quantitative estimate of drug-likeness (QED) is 0.625. The SMILES string of the molecule is CC(C)S(=O)(=O)Nc1ccc(C=Cc2ccc(NS(=O)(=O)C(C)C)cc2)cc1. The Bertz CT molecular complexity index is 937. The number of sulfonamides is 2. The van der Waals surface area contributed by atoms with Crippen molar-refractivity contribution >= 4 is 43.6 Å². The average Bonchev–Trinajstić information content (AvgIpc) is 2.61. The molecule has 28 heavy (non-hydrogen) atoms. The summed E-state index contributed by atoms with van der Waals surface area (Å²) in [7, 11) is -6.72. The Morgan fingerprint density at radius 2 is 0.893 bits per heavy atom. The van der Waals surface area contributed by atoms with Crippen LogP contribution in [0.25, 0.3) is 12.2 Å². The molecule has 8 heteroatoms. The van der Waals surface area contributed by atoms with E-state index in [0.29, 0.717) is 11.4 Å². The van der Waals surface area contributed by atoms with Crippen molar-refractivity contribution in [1.29, 1.82) is 0 Å². The highest BCUT2D eigenvalue weighted by atomic mass is 32.2. The van der Waals surface area contributed by atoms with Gasteiger partial charge >= 0.3 is 0 Å². The lowest BCUT2D eigenvalue weighted by molar-refractivity contribution is 0.591. The first-order valence-electron chi connectivity index (χ1n) is 8.91. The third-order valence-electron chi connectivity index (χ3n) is 4.05. The Morgan fingerprint density at radius 3 is 1.14 bits per heavy atom. The second-order valence-electron chi connectivity index (χ2n) is 6.97. The standard InChI is InChI=1S/C20H26N2O4S2/c1-15(2)27(23,24)21-19-11-7-17(8-12-19)5-6-18-9-13-20(14-10-18)22-28(25,26)16(3)4/h5-16,21-22H,1-4H3. The van der Waals surface area contributed by atoms with E-state index in [4.69, 9.17) is 0 Å². The number of anilines is 2. The minimum absolute atomic E-state index is 0.500. The van der Waals surface area contributed by atoms with E-state index >= 15 is 0 Å². The first-order valence-corrected chi connectivity index (χ1v) is 12.0. The van der Waals surface area contributed by atoms with Crippen molar-refractivity contribution in [2.75, 3.05) is 9.44 Å². The lowest BCUT2D eigenvalue weighted by atomic mass is 10.1. The molecule has 152 valence electrons. The van der Waals surface area contributed by atoms with E-state index in [1.165, 1.54) is 0 Å². The van der Waals surface area contributed by atoms with Crippen LogP contribution in [0.3, 0.4) is 0 Å². The highest BCUT2D eigenvalue weighted by Crippen LogP contribution is 2.17. The summed E-state index contributed by atoms with van der Waals surface area (Å²) in [5, 5.41) is -1.000. The summed E-state index contributed by atoms with van der Waals surface area (Å²) in [6, 6.07) is 14.1. The second kappa shape index (κ2) is 8.79. The maximum Gasteiger partial charge on any atom is 0.235 e. The molecule has 0 radical (unpaired) electrons. The number of rotatable bonds is 8. The third kappa shape index (κ3) is 6.10. The van der Waals surface area contributed by atoms with Crippen LogP contribution < -0.4 is 9.44 Å². The highest BCUT2D eigenvalue weighted by Gasteiger charge is 2.15. The molecule has 0 amide bonds. The molecule has 0 heterocycles. The van der Waals surface area contributed by atoms with Gasteiger partial charge < -0.3 is 0 Å². The molecule has 0 fully saturated rings. The lowest BCUT2D eigenvalue weighted by Crippen LogP contribution is -2.22. The summed E-state index contributed by atoms with van der Waals surface area (Å²) < 4.78 is 52.6. The van der Waals surface area contributed by atoms with Gasteiger partial charge in [-0.25, -0.2) is 16.8 Å². The van der Waals surface area contributed by atoms with Gasteiger partial charge in [-0.1, -0.05) is 36.4 Å². The molecule has 2 aromatic carbocycles. The van der Waals surface area contributed by atoms with E-state index in [-0.39, 0.29) is 0 Å². The summed E-state index contributed by atoms with van der Waals surface area (Å²) in [6.07, 6.45) is 3.79. The van der Waals surface area contributed by atoms with E-state index in [2.05, 4.69) is 9.44 Å². The molecule has 0 aliphatic carbocycles. The molecule has 2 rings (SSSR count). The van der Waals surface area contributed by atoms with Crippen LogP contribution in [0.15, 0.2) is 48.5 Å². The Morgan fingerprint density at radius 1 is 0.607 bits per heavy atom. The fraction of sp³-hybridized carbons (Fsp3) is 0.300.